The molecule has 0 aliphatic heterocycles. The lowest BCUT2D eigenvalue weighted by atomic mass is 9.50. The highest BCUT2D eigenvalue weighted by Gasteiger charge is 2.50. The monoisotopic (exact) mass is 552 g/mol. The summed E-state index contributed by atoms with van der Waals surface area (Å²) in [7, 11) is 0. The van der Waals surface area contributed by atoms with Gasteiger partial charge in [-0.15, -0.1) is 0 Å². The zero-order valence-corrected chi connectivity index (χ0v) is 26.6. The molecular formula is C42H48. The van der Waals surface area contributed by atoms with Crippen LogP contribution >= 0.6 is 0 Å². The van der Waals surface area contributed by atoms with Crippen molar-refractivity contribution in [3.05, 3.63) is 129 Å². The number of rotatable bonds is 10. The molecule has 1 aliphatic rings. The van der Waals surface area contributed by atoms with Crippen molar-refractivity contribution in [3.8, 4) is 11.1 Å². The van der Waals surface area contributed by atoms with E-state index in [1.807, 2.05) is 0 Å². The highest BCUT2D eigenvalue weighted by molar-refractivity contribution is 5.82. The van der Waals surface area contributed by atoms with Gasteiger partial charge in [0.2, 0.25) is 0 Å². The Morgan fingerprint density at radius 3 is 1.17 bits per heavy atom. The van der Waals surface area contributed by atoms with E-state index < -0.39 is 0 Å². The summed E-state index contributed by atoms with van der Waals surface area (Å²) in [5.41, 5.74) is 13.6. The highest BCUT2D eigenvalue weighted by atomic mass is 14.5. The van der Waals surface area contributed by atoms with Gasteiger partial charge in [0, 0.05) is 10.8 Å². The van der Waals surface area contributed by atoms with Crippen molar-refractivity contribution in [2.24, 2.45) is 0 Å². The molecular weight excluding hydrogens is 504 g/mol. The lowest BCUT2D eigenvalue weighted by Crippen LogP contribution is -2.48. The number of benzene rings is 4. The molecule has 1 aliphatic carbocycles. The summed E-state index contributed by atoms with van der Waals surface area (Å²) in [5, 5.41) is 0. The van der Waals surface area contributed by atoms with Crippen molar-refractivity contribution >= 4 is 24.3 Å². The van der Waals surface area contributed by atoms with Gasteiger partial charge in [0.05, 0.1) is 0 Å². The van der Waals surface area contributed by atoms with E-state index >= 15 is 0 Å². The first kappa shape index (κ1) is 29.8. The standard InChI is InChI=1S/C42H48/c1-7-9-27-41(5)39-29-35(21-19-33-15-11-31(3)12-16-33)23-25-37(39)38-26-24-36(22-20-34-17-13-32(4)14-18-34)30-40(38)42(41,6)28-10-8-2/h11-26,29-30H,7-10,27-28H2,1-6H3/b21-19+,22-20+. The molecule has 0 nitrogen and oxygen atoms in total. The predicted molar refractivity (Wildman–Crippen MR) is 186 cm³/mol. The van der Waals surface area contributed by atoms with Gasteiger partial charge in [0.25, 0.3) is 0 Å². The molecule has 0 radical (unpaired) electrons. The Hall–Kier alpha value is -3.64. The fourth-order valence-electron chi connectivity index (χ4n) is 6.93. The molecule has 2 atom stereocenters. The third-order valence-electron chi connectivity index (χ3n) is 9.94. The minimum Gasteiger partial charge on any atom is -0.0654 e. The molecule has 4 aromatic carbocycles. The maximum Gasteiger partial charge on any atom is 0.00255 e. The molecule has 0 N–H and O–H groups in total. The molecule has 0 spiro atoms. The van der Waals surface area contributed by atoms with Crippen molar-refractivity contribution in [3.63, 3.8) is 0 Å². The quantitative estimate of drug-likeness (QED) is 0.172. The molecule has 42 heavy (non-hydrogen) atoms. The average molecular weight is 553 g/mol. The van der Waals surface area contributed by atoms with Crippen LogP contribution in [0, 0.1) is 13.8 Å². The molecule has 0 bridgehead atoms. The van der Waals surface area contributed by atoms with Crippen LogP contribution in [-0.2, 0) is 10.8 Å². The second-order valence-corrected chi connectivity index (χ2v) is 13.0. The lowest BCUT2D eigenvalue weighted by Gasteiger charge is -2.53. The first-order valence-electron chi connectivity index (χ1n) is 16.1. The van der Waals surface area contributed by atoms with Crippen LogP contribution in [0.25, 0.3) is 35.4 Å². The van der Waals surface area contributed by atoms with Crippen LogP contribution < -0.4 is 0 Å². The molecule has 0 heterocycles. The van der Waals surface area contributed by atoms with Gasteiger partial charge in [-0.25, -0.2) is 0 Å². The van der Waals surface area contributed by atoms with E-state index in [-0.39, 0.29) is 10.8 Å². The number of hydrogen-bond acceptors (Lipinski definition) is 0. The number of hydrogen-bond donors (Lipinski definition) is 0. The van der Waals surface area contributed by atoms with Crippen molar-refractivity contribution in [1.82, 2.24) is 0 Å². The minimum absolute atomic E-state index is 0.0491. The first-order chi connectivity index (χ1) is 20.3. The normalized spacial score (nSPS) is 19.8. The van der Waals surface area contributed by atoms with E-state index in [1.54, 1.807) is 0 Å². The number of unbranched alkanes of at least 4 members (excludes halogenated alkanes) is 2. The Balaban J connectivity index is 1.62. The van der Waals surface area contributed by atoms with Crippen LogP contribution in [0.2, 0.25) is 0 Å². The van der Waals surface area contributed by atoms with Crippen molar-refractivity contribution in [1.29, 1.82) is 0 Å². The van der Waals surface area contributed by atoms with E-state index in [2.05, 4.69) is 151 Å². The first-order valence-corrected chi connectivity index (χ1v) is 16.1. The molecule has 0 fully saturated rings. The number of aryl methyl sites for hydroxylation is 2. The summed E-state index contributed by atoms with van der Waals surface area (Å²) in [6.07, 6.45) is 16.4. The topological polar surface area (TPSA) is 0 Å². The second-order valence-electron chi connectivity index (χ2n) is 13.0. The van der Waals surface area contributed by atoms with Crippen LogP contribution in [0.4, 0.5) is 0 Å². The van der Waals surface area contributed by atoms with Crippen LogP contribution in [0.1, 0.15) is 111 Å². The molecule has 0 heteroatoms. The molecule has 0 saturated heterocycles. The van der Waals surface area contributed by atoms with Gasteiger partial charge in [0.1, 0.15) is 0 Å². The van der Waals surface area contributed by atoms with Gasteiger partial charge in [-0.2, -0.15) is 0 Å². The summed E-state index contributed by atoms with van der Waals surface area (Å²) >= 11 is 0. The van der Waals surface area contributed by atoms with Crippen LogP contribution in [0.3, 0.4) is 0 Å². The van der Waals surface area contributed by atoms with Crippen LogP contribution in [0.15, 0.2) is 84.9 Å². The maximum atomic E-state index is 2.57. The third kappa shape index (κ3) is 5.96. The fourth-order valence-corrected chi connectivity index (χ4v) is 6.93. The Kier molecular flexibility index (Phi) is 9.02. The zero-order chi connectivity index (χ0) is 29.7. The lowest BCUT2D eigenvalue weighted by molar-refractivity contribution is 0.207. The van der Waals surface area contributed by atoms with Crippen molar-refractivity contribution in [2.45, 2.75) is 90.9 Å². The van der Waals surface area contributed by atoms with E-state index in [4.69, 9.17) is 0 Å². The van der Waals surface area contributed by atoms with Crippen molar-refractivity contribution in [2.75, 3.05) is 0 Å². The van der Waals surface area contributed by atoms with Gasteiger partial charge < -0.3 is 0 Å². The summed E-state index contributed by atoms with van der Waals surface area (Å²) in [4.78, 5) is 0. The Morgan fingerprint density at radius 1 is 0.476 bits per heavy atom. The second kappa shape index (κ2) is 12.7. The van der Waals surface area contributed by atoms with Crippen LogP contribution in [-0.4, -0.2) is 0 Å². The van der Waals surface area contributed by atoms with E-state index in [1.165, 1.54) is 94.2 Å². The Morgan fingerprint density at radius 2 is 0.810 bits per heavy atom. The fraction of sp³-hybridized carbons (Fsp3) is 0.333. The van der Waals surface area contributed by atoms with Gasteiger partial charge in [-0.1, -0.05) is 174 Å². The molecule has 5 rings (SSSR count). The maximum absolute atomic E-state index is 2.57. The SMILES string of the molecule is CCCCC1(C)c2cc(/C=C/c3ccc(C)cc3)ccc2-c2ccc(/C=C/c3ccc(C)cc3)cc2C1(C)CCCC. The Bertz CT molecular complexity index is 1440. The molecule has 216 valence electrons. The van der Waals surface area contributed by atoms with Gasteiger partial charge in [0.15, 0.2) is 0 Å². The summed E-state index contributed by atoms with van der Waals surface area (Å²) in [5.74, 6) is 0. The third-order valence-corrected chi connectivity index (χ3v) is 9.94. The molecule has 0 amide bonds. The highest BCUT2D eigenvalue weighted by Crippen LogP contribution is 2.58. The van der Waals surface area contributed by atoms with Gasteiger partial charge in [-0.05, 0) is 71.2 Å². The Labute approximate surface area is 255 Å². The van der Waals surface area contributed by atoms with Crippen LogP contribution in [0.5, 0.6) is 0 Å². The summed E-state index contributed by atoms with van der Waals surface area (Å²) in [6.45, 7) is 14.1. The molecule has 0 aromatic heterocycles. The van der Waals surface area contributed by atoms with E-state index in [0.29, 0.717) is 0 Å². The molecule has 2 unspecified atom stereocenters. The van der Waals surface area contributed by atoms with E-state index in [9.17, 15) is 0 Å². The van der Waals surface area contributed by atoms with Gasteiger partial charge in [-0.3, -0.25) is 0 Å². The largest absolute Gasteiger partial charge is 0.0654 e. The van der Waals surface area contributed by atoms with Gasteiger partial charge >= 0.3 is 0 Å². The average Bonchev–Trinajstić information content (AvgIpc) is 3.01. The summed E-state index contributed by atoms with van der Waals surface area (Å²) < 4.78 is 0. The summed E-state index contributed by atoms with van der Waals surface area (Å²) in [6, 6.07) is 32.0. The smallest absolute Gasteiger partial charge is 0.00255 e. The van der Waals surface area contributed by atoms with E-state index in [0.717, 1.165) is 0 Å². The predicted octanol–water partition coefficient (Wildman–Crippen LogP) is 12.2. The van der Waals surface area contributed by atoms with Crippen molar-refractivity contribution < 1.29 is 0 Å². The molecule has 0 saturated carbocycles. The number of fused-ring (bicyclic) bond motifs is 3. The minimum atomic E-state index is 0.0491. The molecule has 4 aromatic rings. The zero-order valence-electron chi connectivity index (χ0n) is 26.6.